The summed E-state index contributed by atoms with van der Waals surface area (Å²) in [6.07, 6.45) is 1.82. The number of hydrogen-bond donors (Lipinski definition) is 1. The molecule has 1 aliphatic rings. The maximum absolute atomic E-state index is 13.7. The van der Waals surface area contributed by atoms with Crippen LogP contribution in [0.1, 0.15) is 24.4 Å². The number of halogens is 2. The summed E-state index contributed by atoms with van der Waals surface area (Å²) in [4.78, 5) is 25.9. The van der Waals surface area contributed by atoms with Crippen molar-refractivity contribution in [2.24, 2.45) is 0 Å². The van der Waals surface area contributed by atoms with Gasteiger partial charge in [-0.05, 0) is 47.3 Å². The molecule has 0 radical (unpaired) electrons. The standard InChI is InChI=1S/C12H10BrFN2O2/c1-5-9(13)8(14)4-7-10(5)16(6-2-3-6)12(18)15-11(7)17/h4,6H,2-3H2,1H3,(H,15,17,18). The SMILES string of the molecule is Cc1c(Br)c(F)cc2c(=O)[nH]c(=O)n(C3CC3)c12. The van der Waals surface area contributed by atoms with Crippen LogP contribution in [-0.4, -0.2) is 9.55 Å². The molecule has 1 N–H and O–H groups in total. The summed E-state index contributed by atoms with van der Waals surface area (Å²) in [6, 6.07) is 1.29. The molecule has 1 fully saturated rings. The molecule has 0 amide bonds. The van der Waals surface area contributed by atoms with Gasteiger partial charge in [-0.2, -0.15) is 0 Å². The molecule has 6 heteroatoms. The molecule has 0 saturated heterocycles. The third-order valence-corrected chi connectivity index (χ3v) is 4.23. The van der Waals surface area contributed by atoms with Crippen molar-refractivity contribution in [1.29, 1.82) is 0 Å². The van der Waals surface area contributed by atoms with E-state index in [0.717, 1.165) is 12.8 Å². The molecule has 0 atom stereocenters. The van der Waals surface area contributed by atoms with Crippen molar-refractivity contribution >= 4 is 26.8 Å². The van der Waals surface area contributed by atoms with Gasteiger partial charge in [-0.25, -0.2) is 9.18 Å². The van der Waals surface area contributed by atoms with Crippen LogP contribution in [0, 0.1) is 12.7 Å². The van der Waals surface area contributed by atoms with E-state index in [-0.39, 0.29) is 11.4 Å². The van der Waals surface area contributed by atoms with Gasteiger partial charge in [-0.1, -0.05) is 0 Å². The highest BCUT2D eigenvalue weighted by Crippen LogP contribution is 2.37. The number of hydrogen-bond acceptors (Lipinski definition) is 2. The monoisotopic (exact) mass is 312 g/mol. The van der Waals surface area contributed by atoms with Crippen LogP contribution in [0.3, 0.4) is 0 Å². The first-order valence-electron chi connectivity index (χ1n) is 5.64. The van der Waals surface area contributed by atoms with Crippen molar-refractivity contribution in [3.05, 3.63) is 42.8 Å². The highest BCUT2D eigenvalue weighted by Gasteiger charge is 2.28. The largest absolute Gasteiger partial charge is 0.329 e. The van der Waals surface area contributed by atoms with Crippen molar-refractivity contribution in [3.63, 3.8) is 0 Å². The second-order valence-electron chi connectivity index (χ2n) is 4.55. The number of rotatable bonds is 1. The van der Waals surface area contributed by atoms with E-state index < -0.39 is 17.1 Å². The van der Waals surface area contributed by atoms with E-state index in [4.69, 9.17) is 0 Å². The molecule has 1 saturated carbocycles. The Balaban J connectivity index is 2.59. The lowest BCUT2D eigenvalue weighted by molar-refractivity contribution is 0.619. The van der Waals surface area contributed by atoms with Gasteiger partial charge < -0.3 is 0 Å². The summed E-state index contributed by atoms with van der Waals surface area (Å²) >= 11 is 3.15. The maximum atomic E-state index is 13.7. The van der Waals surface area contributed by atoms with Crippen molar-refractivity contribution in [2.45, 2.75) is 25.8 Å². The predicted molar refractivity (Wildman–Crippen MR) is 69.5 cm³/mol. The first kappa shape index (κ1) is 11.6. The van der Waals surface area contributed by atoms with Crippen LogP contribution in [0.4, 0.5) is 4.39 Å². The van der Waals surface area contributed by atoms with Gasteiger partial charge in [0.15, 0.2) is 0 Å². The third kappa shape index (κ3) is 1.55. The molecule has 2 aromatic rings. The van der Waals surface area contributed by atoms with Gasteiger partial charge in [-0.15, -0.1) is 0 Å². The Kier molecular flexibility index (Phi) is 2.45. The number of aromatic amines is 1. The second kappa shape index (κ2) is 3.78. The second-order valence-corrected chi connectivity index (χ2v) is 5.35. The maximum Gasteiger partial charge on any atom is 0.329 e. The average Bonchev–Trinajstić information content (AvgIpc) is 3.12. The third-order valence-electron chi connectivity index (χ3n) is 3.26. The molecular formula is C12H10BrFN2O2. The molecule has 0 bridgehead atoms. The first-order chi connectivity index (χ1) is 8.50. The predicted octanol–water partition coefficient (Wildman–Crippen LogP) is 2.23. The lowest BCUT2D eigenvalue weighted by Crippen LogP contribution is -2.30. The zero-order valence-electron chi connectivity index (χ0n) is 9.59. The fourth-order valence-corrected chi connectivity index (χ4v) is 2.54. The van der Waals surface area contributed by atoms with Crippen molar-refractivity contribution in [2.75, 3.05) is 0 Å². The van der Waals surface area contributed by atoms with Crippen LogP contribution in [0.2, 0.25) is 0 Å². The summed E-state index contributed by atoms with van der Waals surface area (Å²) < 4.78 is 15.5. The van der Waals surface area contributed by atoms with Crippen LogP contribution in [0.15, 0.2) is 20.1 Å². The van der Waals surface area contributed by atoms with Gasteiger partial charge in [0.05, 0.1) is 15.4 Å². The van der Waals surface area contributed by atoms with E-state index >= 15 is 0 Å². The van der Waals surface area contributed by atoms with Gasteiger partial charge in [0.25, 0.3) is 5.56 Å². The fourth-order valence-electron chi connectivity index (χ4n) is 2.23. The molecule has 94 valence electrons. The molecule has 1 aromatic carbocycles. The summed E-state index contributed by atoms with van der Waals surface area (Å²) in [5.41, 5.74) is 0.151. The van der Waals surface area contributed by atoms with Crippen LogP contribution < -0.4 is 11.2 Å². The first-order valence-corrected chi connectivity index (χ1v) is 6.43. The van der Waals surface area contributed by atoms with Gasteiger partial charge >= 0.3 is 5.69 Å². The Labute approximate surface area is 110 Å². The van der Waals surface area contributed by atoms with Gasteiger partial charge in [0.2, 0.25) is 0 Å². The summed E-state index contributed by atoms with van der Waals surface area (Å²) in [5.74, 6) is -0.494. The van der Waals surface area contributed by atoms with E-state index in [9.17, 15) is 14.0 Å². The van der Waals surface area contributed by atoms with Crippen molar-refractivity contribution in [1.82, 2.24) is 9.55 Å². The Hall–Kier alpha value is -1.43. The molecule has 0 aliphatic heterocycles. The quantitative estimate of drug-likeness (QED) is 0.878. The van der Waals surface area contributed by atoms with E-state index in [1.807, 2.05) is 0 Å². The molecule has 1 aliphatic carbocycles. The van der Waals surface area contributed by atoms with E-state index in [2.05, 4.69) is 20.9 Å². The minimum absolute atomic E-state index is 0.118. The number of nitrogens with zero attached hydrogens (tertiary/aromatic N) is 1. The molecular weight excluding hydrogens is 303 g/mol. The fraction of sp³-hybridized carbons (Fsp3) is 0.333. The minimum Gasteiger partial charge on any atom is -0.290 e. The number of nitrogens with one attached hydrogen (secondary N) is 1. The lowest BCUT2D eigenvalue weighted by Gasteiger charge is -2.12. The smallest absolute Gasteiger partial charge is 0.290 e. The van der Waals surface area contributed by atoms with Crippen molar-refractivity contribution in [3.8, 4) is 0 Å². The van der Waals surface area contributed by atoms with Crippen LogP contribution >= 0.6 is 15.9 Å². The van der Waals surface area contributed by atoms with Crippen LogP contribution in [-0.2, 0) is 0 Å². The van der Waals surface area contributed by atoms with Gasteiger partial charge in [0, 0.05) is 6.04 Å². The molecule has 4 nitrogen and oxygen atoms in total. The molecule has 0 spiro atoms. The van der Waals surface area contributed by atoms with Gasteiger partial charge in [0.1, 0.15) is 5.82 Å². The molecule has 1 aromatic heterocycles. The number of benzene rings is 1. The highest BCUT2D eigenvalue weighted by molar-refractivity contribution is 9.10. The summed E-state index contributed by atoms with van der Waals surface area (Å²) in [5, 5.41) is 0.222. The van der Waals surface area contributed by atoms with Crippen LogP contribution in [0.25, 0.3) is 10.9 Å². The van der Waals surface area contributed by atoms with E-state index in [0.29, 0.717) is 15.6 Å². The molecule has 0 unspecified atom stereocenters. The number of aromatic nitrogens is 2. The number of aryl methyl sites for hydroxylation is 1. The number of H-pyrrole nitrogens is 1. The van der Waals surface area contributed by atoms with E-state index in [1.165, 1.54) is 6.07 Å². The van der Waals surface area contributed by atoms with Crippen LogP contribution in [0.5, 0.6) is 0 Å². The summed E-state index contributed by atoms with van der Waals surface area (Å²) in [7, 11) is 0. The minimum atomic E-state index is -0.540. The normalized spacial score (nSPS) is 15.3. The molecule has 18 heavy (non-hydrogen) atoms. The Bertz CT molecular complexity index is 774. The van der Waals surface area contributed by atoms with Gasteiger partial charge in [-0.3, -0.25) is 14.3 Å². The Morgan fingerprint density at radius 1 is 1.44 bits per heavy atom. The Morgan fingerprint density at radius 3 is 2.72 bits per heavy atom. The summed E-state index contributed by atoms with van der Waals surface area (Å²) in [6.45, 7) is 1.70. The lowest BCUT2D eigenvalue weighted by atomic mass is 10.1. The zero-order chi connectivity index (χ0) is 13.0. The highest BCUT2D eigenvalue weighted by atomic mass is 79.9. The molecule has 1 heterocycles. The zero-order valence-corrected chi connectivity index (χ0v) is 11.2. The molecule has 3 rings (SSSR count). The van der Waals surface area contributed by atoms with E-state index in [1.54, 1.807) is 11.5 Å². The number of fused-ring (bicyclic) bond motifs is 1. The Morgan fingerprint density at radius 2 is 2.11 bits per heavy atom. The average molecular weight is 313 g/mol. The van der Waals surface area contributed by atoms with Crippen molar-refractivity contribution < 1.29 is 4.39 Å². The topological polar surface area (TPSA) is 54.9 Å².